The Morgan fingerprint density at radius 3 is 2.88 bits per heavy atom. The molecule has 0 aromatic carbocycles. The number of nitrogens with one attached hydrogen (secondary N) is 1. The first kappa shape index (κ1) is 13.3. The van der Waals surface area contributed by atoms with Gasteiger partial charge in [-0.1, -0.05) is 13.8 Å². The van der Waals surface area contributed by atoms with Gasteiger partial charge in [0, 0.05) is 32.7 Å². The van der Waals surface area contributed by atoms with Crippen LogP contribution in [-0.2, 0) is 0 Å². The van der Waals surface area contributed by atoms with Gasteiger partial charge in [-0.3, -0.25) is 0 Å². The van der Waals surface area contributed by atoms with E-state index in [-0.39, 0.29) is 0 Å². The summed E-state index contributed by atoms with van der Waals surface area (Å²) in [5.74, 6) is 1.72. The van der Waals surface area contributed by atoms with Crippen molar-refractivity contribution in [2.75, 3.05) is 52.4 Å². The second-order valence-electron chi connectivity index (χ2n) is 5.97. The normalized spacial score (nSPS) is 33.5. The van der Waals surface area contributed by atoms with Crippen molar-refractivity contribution in [2.45, 2.75) is 26.7 Å². The Kier molecular flexibility index (Phi) is 5.26. The van der Waals surface area contributed by atoms with Crippen LogP contribution < -0.4 is 5.32 Å². The summed E-state index contributed by atoms with van der Waals surface area (Å²) in [7, 11) is 0. The van der Waals surface area contributed by atoms with E-state index in [1.54, 1.807) is 0 Å². The summed E-state index contributed by atoms with van der Waals surface area (Å²) in [4.78, 5) is 5.31. The molecule has 2 heterocycles. The van der Waals surface area contributed by atoms with Crippen LogP contribution in [0.15, 0.2) is 0 Å². The van der Waals surface area contributed by atoms with E-state index < -0.39 is 0 Å². The fourth-order valence-corrected chi connectivity index (χ4v) is 3.30. The highest BCUT2D eigenvalue weighted by molar-refractivity contribution is 4.78. The van der Waals surface area contributed by atoms with Crippen LogP contribution >= 0.6 is 0 Å². The largest absolute Gasteiger partial charge is 0.315 e. The minimum absolute atomic E-state index is 0.809. The van der Waals surface area contributed by atoms with E-state index in [1.807, 2.05) is 0 Å². The van der Waals surface area contributed by atoms with Gasteiger partial charge in [0.15, 0.2) is 0 Å². The molecule has 2 atom stereocenters. The summed E-state index contributed by atoms with van der Waals surface area (Å²) >= 11 is 0. The van der Waals surface area contributed by atoms with Crippen LogP contribution in [0.2, 0.25) is 0 Å². The Morgan fingerprint density at radius 2 is 2.06 bits per heavy atom. The summed E-state index contributed by atoms with van der Waals surface area (Å²) in [6, 6.07) is 0. The molecule has 3 nitrogen and oxygen atoms in total. The van der Waals surface area contributed by atoms with Crippen LogP contribution in [0, 0.1) is 11.8 Å². The van der Waals surface area contributed by atoms with Crippen LogP contribution in [0.25, 0.3) is 0 Å². The van der Waals surface area contributed by atoms with Crippen molar-refractivity contribution in [1.82, 2.24) is 15.1 Å². The molecule has 0 spiro atoms. The molecule has 3 heteroatoms. The summed E-state index contributed by atoms with van der Waals surface area (Å²) in [6.45, 7) is 14.8. The molecule has 100 valence electrons. The van der Waals surface area contributed by atoms with E-state index in [4.69, 9.17) is 0 Å². The molecule has 0 aromatic rings. The molecule has 0 saturated carbocycles. The molecular weight excluding hydrogens is 210 g/mol. The van der Waals surface area contributed by atoms with Gasteiger partial charge < -0.3 is 15.1 Å². The Bertz CT molecular complexity index is 220. The molecular formula is C14H29N3. The second kappa shape index (κ2) is 6.72. The summed E-state index contributed by atoms with van der Waals surface area (Å²) in [5.41, 5.74) is 0. The van der Waals surface area contributed by atoms with Crippen LogP contribution in [0.3, 0.4) is 0 Å². The van der Waals surface area contributed by atoms with E-state index in [9.17, 15) is 0 Å². The highest BCUT2D eigenvalue weighted by atomic mass is 15.2. The van der Waals surface area contributed by atoms with Crippen LogP contribution in [0.1, 0.15) is 26.7 Å². The van der Waals surface area contributed by atoms with Gasteiger partial charge in [-0.15, -0.1) is 0 Å². The molecule has 2 fully saturated rings. The Hall–Kier alpha value is -0.120. The maximum Gasteiger partial charge on any atom is 0.0107 e. The van der Waals surface area contributed by atoms with Gasteiger partial charge in [-0.05, 0) is 44.3 Å². The average molecular weight is 239 g/mol. The van der Waals surface area contributed by atoms with Crippen molar-refractivity contribution in [3.8, 4) is 0 Å². The summed E-state index contributed by atoms with van der Waals surface area (Å²) in [6.07, 6.45) is 2.84. The minimum Gasteiger partial charge on any atom is -0.315 e. The first-order valence-corrected chi connectivity index (χ1v) is 7.43. The molecule has 0 amide bonds. The molecule has 1 N–H and O–H groups in total. The Labute approximate surface area is 107 Å². The van der Waals surface area contributed by atoms with Crippen molar-refractivity contribution in [2.24, 2.45) is 11.8 Å². The maximum atomic E-state index is 3.53. The predicted octanol–water partition coefficient (Wildman–Crippen LogP) is 1.26. The van der Waals surface area contributed by atoms with Crippen molar-refractivity contribution in [3.63, 3.8) is 0 Å². The smallest absolute Gasteiger partial charge is 0.0107 e. The van der Waals surface area contributed by atoms with Crippen molar-refractivity contribution >= 4 is 0 Å². The molecule has 0 bridgehead atoms. The predicted molar refractivity (Wildman–Crippen MR) is 73.3 cm³/mol. The molecule has 0 aromatic heterocycles. The third-order valence-electron chi connectivity index (χ3n) is 4.23. The lowest BCUT2D eigenvalue weighted by molar-refractivity contribution is 0.135. The molecule has 2 saturated heterocycles. The summed E-state index contributed by atoms with van der Waals surface area (Å²) in [5, 5.41) is 3.53. The standard InChI is InChI=1S/C14H29N3/c1-3-16-7-4-5-14(11-16)12-17-8-6-15-9-13(2)10-17/h13-15H,3-12H2,1-2H3. The SMILES string of the molecule is CCN1CCCC(CN2CCNCC(C)C2)C1. The van der Waals surface area contributed by atoms with E-state index in [1.165, 1.54) is 65.2 Å². The molecule has 2 aliphatic rings. The van der Waals surface area contributed by atoms with Crippen LogP contribution in [0.5, 0.6) is 0 Å². The fourth-order valence-electron chi connectivity index (χ4n) is 3.30. The second-order valence-corrected chi connectivity index (χ2v) is 5.97. The van der Waals surface area contributed by atoms with E-state index >= 15 is 0 Å². The molecule has 2 rings (SSSR count). The zero-order valence-corrected chi connectivity index (χ0v) is 11.6. The van der Waals surface area contributed by atoms with Crippen LogP contribution in [-0.4, -0.2) is 62.2 Å². The number of rotatable bonds is 3. The quantitative estimate of drug-likeness (QED) is 0.800. The van der Waals surface area contributed by atoms with Gasteiger partial charge in [0.2, 0.25) is 0 Å². The first-order chi connectivity index (χ1) is 8.28. The van der Waals surface area contributed by atoms with Gasteiger partial charge in [0.25, 0.3) is 0 Å². The number of piperidine rings is 1. The lowest BCUT2D eigenvalue weighted by Crippen LogP contribution is -2.42. The lowest BCUT2D eigenvalue weighted by Gasteiger charge is -2.35. The lowest BCUT2D eigenvalue weighted by atomic mass is 9.97. The number of nitrogens with zero attached hydrogens (tertiary/aromatic N) is 2. The minimum atomic E-state index is 0.809. The molecule has 17 heavy (non-hydrogen) atoms. The highest BCUT2D eigenvalue weighted by Crippen LogP contribution is 2.18. The van der Waals surface area contributed by atoms with Gasteiger partial charge in [-0.25, -0.2) is 0 Å². The van der Waals surface area contributed by atoms with Crippen molar-refractivity contribution in [3.05, 3.63) is 0 Å². The monoisotopic (exact) mass is 239 g/mol. The molecule has 0 aliphatic carbocycles. The average Bonchev–Trinajstić information content (AvgIpc) is 2.54. The zero-order chi connectivity index (χ0) is 12.1. The van der Waals surface area contributed by atoms with Crippen molar-refractivity contribution in [1.29, 1.82) is 0 Å². The van der Waals surface area contributed by atoms with Gasteiger partial charge in [0.1, 0.15) is 0 Å². The third-order valence-corrected chi connectivity index (χ3v) is 4.23. The highest BCUT2D eigenvalue weighted by Gasteiger charge is 2.22. The van der Waals surface area contributed by atoms with Crippen molar-refractivity contribution < 1.29 is 0 Å². The maximum absolute atomic E-state index is 3.53. The number of hydrogen-bond acceptors (Lipinski definition) is 3. The fraction of sp³-hybridized carbons (Fsp3) is 1.00. The Morgan fingerprint density at radius 1 is 1.18 bits per heavy atom. The Balaban J connectivity index is 1.78. The molecule has 2 aliphatic heterocycles. The first-order valence-electron chi connectivity index (χ1n) is 7.43. The van der Waals surface area contributed by atoms with Gasteiger partial charge in [0.05, 0.1) is 0 Å². The summed E-state index contributed by atoms with van der Waals surface area (Å²) < 4.78 is 0. The van der Waals surface area contributed by atoms with Gasteiger partial charge in [-0.2, -0.15) is 0 Å². The van der Waals surface area contributed by atoms with Gasteiger partial charge >= 0.3 is 0 Å². The number of likely N-dealkylation sites (tertiary alicyclic amines) is 1. The third kappa shape index (κ3) is 4.23. The van der Waals surface area contributed by atoms with E-state index in [0.29, 0.717) is 0 Å². The molecule has 2 unspecified atom stereocenters. The zero-order valence-electron chi connectivity index (χ0n) is 11.6. The van der Waals surface area contributed by atoms with E-state index in [2.05, 4.69) is 29.0 Å². The van der Waals surface area contributed by atoms with E-state index in [0.717, 1.165) is 11.8 Å². The number of hydrogen-bond donors (Lipinski definition) is 1. The van der Waals surface area contributed by atoms with Crippen LogP contribution in [0.4, 0.5) is 0 Å². The topological polar surface area (TPSA) is 18.5 Å². The molecule has 0 radical (unpaired) electrons.